The Kier molecular flexibility index (Phi) is 4.38. The maximum Gasteiger partial charge on any atom is 0.269 e. The fourth-order valence-electron chi connectivity index (χ4n) is 2.29. The third kappa shape index (κ3) is 3.61. The Balaban J connectivity index is 1.84. The van der Waals surface area contributed by atoms with Crippen LogP contribution in [0.1, 0.15) is 10.4 Å². The minimum absolute atomic E-state index is 0.0887. The summed E-state index contributed by atoms with van der Waals surface area (Å²) in [4.78, 5) is 34.4. The molecule has 0 aliphatic carbocycles. The molecule has 25 heavy (non-hydrogen) atoms. The number of nitro groups is 1. The number of nitro benzene ring substituents is 1. The van der Waals surface area contributed by atoms with Gasteiger partial charge in [0.1, 0.15) is 0 Å². The fraction of sp³-hybridized carbons (Fsp3) is 0. The number of nitrogens with one attached hydrogen (secondary N) is 1. The zero-order valence-corrected chi connectivity index (χ0v) is 13.0. The van der Waals surface area contributed by atoms with Gasteiger partial charge in [-0.25, -0.2) is 0 Å². The molecule has 0 radical (unpaired) electrons. The van der Waals surface area contributed by atoms with E-state index in [0.717, 1.165) is 0 Å². The summed E-state index contributed by atoms with van der Waals surface area (Å²) in [5.74, 6) is -0.423. The quantitative estimate of drug-likeness (QED) is 0.586. The van der Waals surface area contributed by atoms with Crippen molar-refractivity contribution in [2.45, 2.75) is 0 Å². The predicted molar refractivity (Wildman–Crippen MR) is 93.1 cm³/mol. The van der Waals surface area contributed by atoms with Crippen molar-refractivity contribution >= 4 is 17.3 Å². The van der Waals surface area contributed by atoms with Gasteiger partial charge in [0.15, 0.2) is 0 Å². The smallest absolute Gasteiger partial charge is 0.269 e. The Hall–Kier alpha value is -3.74. The van der Waals surface area contributed by atoms with Gasteiger partial charge in [-0.1, -0.05) is 18.2 Å². The number of para-hydroxylation sites is 1. The SMILES string of the molecule is O=C(Nc1ccc(=O)n(-c2ccccc2)c1)c1ccc([N+](=O)[O-])cc1. The Morgan fingerprint density at radius 1 is 0.960 bits per heavy atom. The van der Waals surface area contributed by atoms with Crippen LogP contribution in [-0.4, -0.2) is 15.4 Å². The molecule has 0 aliphatic rings. The maximum atomic E-state index is 12.3. The highest BCUT2D eigenvalue weighted by Crippen LogP contribution is 2.14. The Morgan fingerprint density at radius 2 is 1.64 bits per heavy atom. The number of non-ortho nitro benzene ring substituents is 1. The Morgan fingerprint density at radius 3 is 2.28 bits per heavy atom. The summed E-state index contributed by atoms with van der Waals surface area (Å²) < 4.78 is 1.42. The number of hydrogen-bond acceptors (Lipinski definition) is 4. The number of benzene rings is 2. The average Bonchev–Trinajstić information content (AvgIpc) is 2.64. The maximum absolute atomic E-state index is 12.3. The summed E-state index contributed by atoms with van der Waals surface area (Å²) in [6.45, 7) is 0. The first-order valence-corrected chi connectivity index (χ1v) is 7.38. The van der Waals surface area contributed by atoms with Crippen LogP contribution >= 0.6 is 0 Å². The topological polar surface area (TPSA) is 94.2 Å². The van der Waals surface area contributed by atoms with Gasteiger partial charge in [0.25, 0.3) is 17.2 Å². The van der Waals surface area contributed by atoms with Gasteiger partial charge in [0, 0.05) is 35.6 Å². The van der Waals surface area contributed by atoms with E-state index < -0.39 is 10.8 Å². The van der Waals surface area contributed by atoms with Gasteiger partial charge < -0.3 is 5.32 Å². The molecule has 0 spiro atoms. The third-order valence-electron chi connectivity index (χ3n) is 3.54. The molecule has 124 valence electrons. The zero-order chi connectivity index (χ0) is 17.8. The lowest BCUT2D eigenvalue weighted by Gasteiger charge is -2.09. The van der Waals surface area contributed by atoms with Crippen molar-refractivity contribution in [1.82, 2.24) is 4.57 Å². The monoisotopic (exact) mass is 335 g/mol. The van der Waals surface area contributed by atoms with Crippen molar-refractivity contribution in [3.8, 4) is 5.69 Å². The largest absolute Gasteiger partial charge is 0.321 e. The van der Waals surface area contributed by atoms with E-state index in [-0.39, 0.29) is 16.8 Å². The molecule has 3 aromatic rings. The summed E-state index contributed by atoms with van der Waals surface area (Å²) in [7, 11) is 0. The molecule has 0 saturated heterocycles. The minimum atomic E-state index is -0.530. The van der Waals surface area contributed by atoms with E-state index in [9.17, 15) is 19.7 Å². The zero-order valence-electron chi connectivity index (χ0n) is 13.0. The number of aromatic nitrogens is 1. The standard InChI is InChI=1S/C18H13N3O4/c22-17-11-8-14(12-20(17)15-4-2-1-3-5-15)19-18(23)13-6-9-16(10-7-13)21(24)25/h1-12H,(H,19,23). The van der Waals surface area contributed by atoms with Crippen molar-refractivity contribution in [1.29, 1.82) is 0 Å². The Labute approximate surface area is 142 Å². The molecule has 0 bridgehead atoms. The van der Waals surface area contributed by atoms with Crippen LogP contribution in [0.4, 0.5) is 11.4 Å². The Bertz CT molecular complexity index is 979. The lowest BCUT2D eigenvalue weighted by Crippen LogP contribution is -2.19. The lowest BCUT2D eigenvalue weighted by molar-refractivity contribution is -0.384. The highest BCUT2D eigenvalue weighted by molar-refractivity contribution is 6.04. The summed E-state index contributed by atoms with van der Waals surface area (Å²) in [6, 6.07) is 17.2. The summed E-state index contributed by atoms with van der Waals surface area (Å²) >= 11 is 0. The molecule has 0 aliphatic heterocycles. The van der Waals surface area contributed by atoms with Crippen molar-refractivity contribution < 1.29 is 9.72 Å². The number of nitrogens with zero attached hydrogens (tertiary/aromatic N) is 2. The van der Waals surface area contributed by atoms with Crippen molar-refractivity contribution in [3.63, 3.8) is 0 Å². The van der Waals surface area contributed by atoms with Crippen LogP contribution in [0.2, 0.25) is 0 Å². The summed E-state index contributed by atoms with van der Waals surface area (Å²) in [5, 5.41) is 13.3. The van der Waals surface area contributed by atoms with Crippen LogP contribution in [0.25, 0.3) is 5.69 Å². The van der Waals surface area contributed by atoms with Crippen LogP contribution in [-0.2, 0) is 0 Å². The van der Waals surface area contributed by atoms with Crippen molar-refractivity contribution in [3.05, 3.63) is 99.0 Å². The number of hydrogen-bond donors (Lipinski definition) is 1. The van der Waals surface area contributed by atoms with Gasteiger partial charge in [0.2, 0.25) is 0 Å². The van der Waals surface area contributed by atoms with E-state index in [1.165, 1.54) is 47.2 Å². The molecule has 2 aromatic carbocycles. The second-order valence-electron chi connectivity index (χ2n) is 5.22. The normalized spacial score (nSPS) is 10.2. The molecule has 7 heteroatoms. The van der Waals surface area contributed by atoms with Gasteiger partial charge in [-0.05, 0) is 30.3 Å². The molecule has 7 nitrogen and oxygen atoms in total. The third-order valence-corrected chi connectivity index (χ3v) is 3.54. The minimum Gasteiger partial charge on any atom is -0.321 e. The molecule has 1 N–H and O–H groups in total. The van der Waals surface area contributed by atoms with Gasteiger partial charge >= 0.3 is 0 Å². The second kappa shape index (κ2) is 6.79. The van der Waals surface area contributed by atoms with Crippen LogP contribution in [0, 0.1) is 10.1 Å². The van der Waals surface area contributed by atoms with Crippen LogP contribution in [0.3, 0.4) is 0 Å². The molecule has 0 unspecified atom stereocenters. The van der Waals surface area contributed by atoms with Crippen molar-refractivity contribution in [2.24, 2.45) is 0 Å². The van der Waals surface area contributed by atoms with Crippen LogP contribution in [0.5, 0.6) is 0 Å². The molecule has 1 amide bonds. The van der Waals surface area contributed by atoms with Gasteiger partial charge in [-0.2, -0.15) is 0 Å². The molecule has 1 aromatic heterocycles. The molecule has 0 atom stereocenters. The van der Waals surface area contributed by atoms with Crippen LogP contribution in [0.15, 0.2) is 77.7 Å². The first-order valence-electron chi connectivity index (χ1n) is 7.38. The first kappa shape index (κ1) is 16.1. The second-order valence-corrected chi connectivity index (χ2v) is 5.22. The number of rotatable bonds is 4. The predicted octanol–water partition coefficient (Wildman–Crippen LogP) is 3.00. The van der Waals surface area contributed by atoms with Crippen molar-refractivity contribution in [2.75, 3.05) is 5.32 Å². The highest BCUT2D eigenvalue weighted by atomic mass is 16.6. The highest BCUT2D eigenvalue weighted by Gasteiger charge is 2.10. The number of amides is 1. The molecule has 0 fully saturated rings. The number of carbonyl (C=O) groups is 1. The van der Waals surface area contributed by atoms with E-state index >= 15 is 0 Å². The van der Waals surface area contributed by atoms with E-state index in [1.807, 2.05) is 18.2 Å². The molecule has 3 rings (SSSR count). The van der Waals surface area contributed by atoms with E-state index in [1.54, 1.807) is 12.1 Å². The number of anilines is 1. The number of pyridine rings is 1. The van der Waals surface area contributed by atoms with Gasteiger partial charge in [-0.15, -0.1) is 0 Å². The van der Waals surface area contributed by atoms with Gasteiger partial charge in [0.05, 0.1) is 10.6 Å². The van der Waals surface area contributed by atoms with Gasteiger partial charge in [-0.3, -0.25) is 24.3 Å². The fourth-order valence-corrected chi connectivity index (χ4v) is 2.29. The van der Waals surface area contributed by atoms with E-state index in [0.29, 0.717) is 11.4 Å². The lowest BCUT2D eigenvalue weighted by atomic mass is 10.2. The molecular weight excluding hydrogens is 322 g/mol. The average molecular weight is 335 g/mol. The molecule has 0 saturated carbocycles. The van der Waals surface area contributed by atoms with Crippen LogP contribution < -0.4 is 10.9 Å². The number of carbonyl (C=O) groups excluding carboxylic acids is 1. The summed E-state index contributed by atoms with van der Waals surface area (Å²) in [6.07, 6.45) is 1.53. The molecular formula is C18H13N3O4. The van der Waals surface area contributed by atoms with E-state index in [2.05, 4.69) is 5.32 Å². The van der Waals surface area contributed by atoms with E-state index in [4.69, 9.17) is 0 Å². The molecule has 1 heterocycles. The summed E-state index contributed by atoms with van der Waals surface area (Å²) in [5.41, 5.74) is 1.09. The first-order chi connectivity index (χ1) is 12.0.